The molecule has 0 bridgehead atoms. The number of ether oxygens (including phenoxy) is 2. The van der Waals surface area contributed by atoms with Crippen LogP contribution in [0.25, 0.3) is 0 Å². The second kappa shape index (κ2) is 8.52. The van der Waals surface area contributed by atoms with E-state index in [1.54, 1.807) is 14.0 Å². The van der Waals surface area contributed by atoms with Gasteiger partial charge < -0.3 is 20.5 Å². The molecule has 1 aromatic carbocycles. The predicted molar refractivity (Wildman–Crippen MR) is 83.3 cm³/mol. The summed E-state index contributed by atoms with van der Waals surface area (Å²) < 4.78 is 10.2. The zero-order valence-corrected chi connectivity index (χ0v) is 13.3. The molecule has 118 valence electrons. The van der Waals surface area contributed by atoms with Crippen molar-refractivity contribution >= 4 is 6.09 Å². The number of carbonyl (C=O) groups excluding carboxylic acids is 1. The van der Waals surface area contributed by atoms with Crippen molar-refractivity contribution in [3.8, 4) is 5.75 Å². The first-order chi connectivity index (χ1) is 10.0. The predicted octanol–water partition coefficient (Wildman–Crippen LogP) is 2.71. The van der Waals surface area contributed by atoms with Gasteiger partial charge in [0.1, 0.15) is 5.75 Å². The number of benzene rings is 1. The van der Waals surface area contributed by atoms with E-state index in [-0.39, 0.29) is 12.0 Å². The van der Waals surface area contributed by atoms with E-state index in [0.717, 1.165) is 11.3 Å². The van der Waals surface area contributed by atoms with Crippen LogP contribution in [0.15, 0.2) is 24.3 Å². The fourth-order valence-electron chi connectivity index (χ4n) is 2.34. The van der Waals surface area contributed by atoms with E-state index in [0.29, 0.717) is 19.1 Å². The van der Waals surface area contributed by atoms with Crippen LogP contribution in [0.2, 0.25) is 0 Å². The van der Waals surface area contributed by atoms with Gasteiger partial charge in [-0.25, -0.2) is 4.79 Å². The van der Waals surface area contributed by atoms with Gasteiger partial charge in [0.2, 0.25) is 0 Å². The molecule has 0 unspecified atom stereocenters. The first-order valence-corrected chi connectivity index (χ1v) is 7.30. The average Bonchev–Trinajstić information content (AvgIpc) is 2.47. The summed E-state index contributed by atoms with van der Waals surface area (Å²) in [7, 11) is 1.63. The van der Waals surface area contributed by atoms with Crippen LogP contribution < -0.4 is 15.8 Å². The number of hydrogen-bond donors (Lipinski definition) is 2. The van der Waals surface area contributed by atoms with Crippen molar-refractivity contribution in [1.29, 1.82) is 0 Å². The molecule has 1 rings (SSSR count). The molecule has 0 aliphatic carbocycles. The summed E-state index contributed by atoms with van der Waals surface area (Å²) in [5, 5.41) is 2.92. The number of nitrogens with two attached hydrogens (primary N) is 1. The third-order valence-corrected chi connectivity index (χ3v) is 3.58. The molecule has 21 heavy (non-hydrogen) atoms. The Balaban J connectivity index is 3.01. The molecule has 5 heteroatoms. The minimum absolute atomic E-state index is 0.128. The lowest BCUT2D eigenvalue weighted by atomic mass is 9.84. The second-order valence-electron chi connectivity index (χ2n) is 5.26. The van der Waals surface area contributed by atoms with Gasteiger partial charge in [0.15, 0.2) is 0 Å². The number of nitrogens with one attached hydrogen (secondary N) is 1. The third-order valence-electron chi connectivity index (χ3n) is 3.58. The summed E-state index contributed by atoms with van der Waals surface area (Å²) >= 11 is 0. The van der Waals surface area contributed by atoms with Gasteiger partial charge in [-0.1, -0.05) is 26.0 Å². The van der Waals surface area contributed by atoms with Crippen LogP contribution in [0.3, 0.4) is 0 Å². The summed E-state index contributed by atoms with van der Waals surface area (Å²) in [6.07, 6.45) is -0.419. The maximum Gasteiger partial charge on any atom is 0.407 e. The van der Waals surface area contributed by atoms with Crippen molar-refractivity contribution in [2.75, 3.05) is 20.3 Å². The monoisotopic (exact) mass is 294 g/mol. The van der Waals surface area contributed by atoms with Crippen molar-refractivity contribution in [2.24, 2.45) is 17.6 Å². The molecule has 0 saturated heterocycles. The van der Waals surface area contributed by atoms with Gasteiger partial charge in [0.05, 0.1) is 19.8 Å². The molecule has 1 aromatic rings. The van der Waals surface area contributed by atoms with Gasteiger partial charge in [-0.3, -0.25) is 0 Å². The molecule has 5 nitrogen and oxygen atoms in total. The number of hydrogen-bond acceptors (Lipinski definition) is 4. The van der Waals surface area contributed by atoms with E-state index >= 15 is 0 Å². The minimum atomic E-state index is -0.419. The molecular weight excluding hydrogens is 268 g/mol. The van der Waals surface area contributed by atoms with Gasteiger partial charge >= 0.3 is 6.09 Å². The maximum atomic E-state index is 11.8. The van der Waals surface area contributed by atoms with Gasteiger partial charge in [0.25, 0.3) is 0 Å². The third kappa shape index (κ3) is 4.93. The van der Waals surface area contributed by atoms with Crippen LogP contribution in [-0.2, 0) is 4.74 Å². The van der Waals surface area contributed by atoms with Crippen LogP contribution in [0, 0.1) is 11.8 Å². The number of methoxy groups -OCH3 is 1. The molecule has 0 saturated carbocycles. The summed E-state index contributed by atoms with van der Waals surface area (Å²) in [5.74, 6) is 1.24. The molecule has 3 N–H and O–H groups in total. The van der Waals surface area contributed by atoms with Gasteiger partial charge in [-0.2, -0.15) is 0 Å². The Labute approximate surface area is 126 Å². The molecule has 0 spiro atoms. The molecular formula is C16H26N2O3. The van der Waals surface area contributed by atoms with E-state index in [1.165, 1.54) is 0 Å². The fraction of sp³-hybridized carbons (Fsp3) is 0.562. The van der Waals surface area contributed by atoms with E-state index < -0.39 is 6.09 Å². The maximum absolute atomic E-state index is 11.8. The number of rotatable bonds is 7. The van der Waals surface area contributed by atoms with Gasteiger partial charge in [0, 0.05) is 0 Å². The highest BCUT2D eigenvalue weighted by molar-refractivity contribution is 5.68. The summed E-state index contributed by atoms with van der Waals surface area (Å²) in [5.41, 5.74) is 6.89. The fourth-order valence-corrected chi connectivity index (χ4v) is 2.34. The Morgan fingerprint density at radius 1 is 1.29 bits per heavy atom. The standard InChI is InChI=1S/C16H26N2O3/c1-5-21-16(19)18-15(14(10-17)11(2)3)12-6-8-13(20-4)9-7-12/h6-9,11,14-15H,5,10,17H2,1-4H3,(H,18,19)/t14-,15-/m1/s1. The Morgan fingerprint density at radius 3 is 2.33 bits per heavy atom. The minimum Gasteiger partial charge on any atom is -0.497 e. The summed E-state index contributed by atoms with van der Waals surface area (Å²) in [6, 6.07) is 7.47. The molecule has 0 fully saturated rings. The highest BCUT2D eigenvalue weighted by atomic mass is 16.5. The smallest absolute Gasteiger partial charge is 0.407 e. The lowest BCUT2D eigenvalue weighted by Crippen LogP contribution is -2.39. The van der Waals surface area contributed by atoms with Gasteiger partial charge in [-0.15, -0.1) is 0 Å². The largest absolute Gasteiger partial charge is 0.497 e. The van der Waals surface area contributed by atoms with Crippen molar-refractivity contribution < 1.29 is 14.3 Å². The van der Waals surface area contributed by atoms with Crippen molar-refractivity contribution in [3.05, 3.63) is 29.8 Å². The van der Waals surface area contributed by atoms with Crippen molar-refractivity contribution in [1.82, 2.24) is 5.32 Å². The number of alkyl carbamates (subject to hydrolysis) is 1. The van der Waals surface area contributed by atoms with Crippen LogP contribution in [0.1, 0.15) is 32.4 Å². The first-order valence-electron chi connectivity index (χ1n) is 7.30. The Hall–Kier alpha value is -1.75. The summed E-state index contributed by atoms with van der Waals surface area (Å²) in [6.45, 7) is 6.81. The topological polar surface area (TPSA) is 73.6 Å². The zero-order valence-electron chi connectivity index (χ0n) is 13.3. The second-order valence-corrected chi connectivity index (χ2v) is 5.26. The van der Waals surface area contributed by atoms with Crippen LogP contribution >= 0.6 is 0 Å². The average molecular weight is 294 g/mol. The first kappa shape index (κ1) is 17.3. The van der Waals surface area contributed by atoms with E-state index in [1.807, 2.05) is 24.3 Å². The summed E-state index contributed by atoms with van der Waals surface area (Å²) in [4.78, 5) is 11.8. The van der Waals surface area contributed by atoms with Crippen molar-refractivity contribution in [2.45, 2.75) is 26.8 Å². The quantitative estimate of drug-likeness (QED) is 0.811. The molecule has 0 aliphatic rings. The van der Waals surface area contributed by atoms with Crippen LogP contribution in [-0.4, -0.2) is 26.4 Å². The highest BCUT2D eigenvalue weighted by Crippen LogP contribution is 2.28. The molecule has 0 heterocycles. The normalized spacial score (nSPS) is 13.6. The van der Waals surface area contributed by atoms with E-state index in [4.69, 9.17) is 15.2 Å². The Bertz CT molecular complexity index is 432. The van der Waals surface area contributed by atoms with E-state index in [2.05, 4.69) is 19.2 Å². The Morgan fingerprint density at radius 2 is 1.90 bits per heavy atom. The molecule has 0 aromatic heterocycles. The van der Waals surface area contributed by atoms with E-state index in [9.17, 15) is 4.79 Å². The number of carbonyl (C=O) groups is 1. The van der Waals surface area contributed by atoms with Crippen LogP contribution in [0.4, 0.5) is 4.79 Å². The Kier molecular flexibility index (Phi) is 7.02. The molecule has 0 aliphatic heterocycles. The highest BCUT2D eigenvalue weighted by Gasteiger charge is 2.27. The number of amides is 1. The SMILES string of the molecule is CCOC(=O)N[C@H](c1ccc(OC)cc1)[C@H](CN)C(C)C. The van der Waals surface area contributed by atoms with Crippen LogP contribution in [0.5, 0.6) is 5.75 Å². The lowest BCUT2D eigenvalue weighted by Gasteiger charge is -2.30. The molecule has 2 atom stereocenters. The van der Waals surface area contributed by atoms with Gasteiger partial charge in [-0.05, 0) is 43.0 Å². The van der Waals surface area contributed by atoms with Crippen molar-refractivity contribution in [3.63, 3.8) is 0 Å². The lowest BCUT2D eigenvalue weighted by molar-refractivity contribution is 0.140. The zero-order chi connectivity index (χ0) is 15.8. The molecule has 1 amide bonds. The molecule has 0 radical (unpaired) electrons.